The third kappa shape index (κ3) is 4.38. The Hall–Kier alpha value is -6.62. The van der Waals surface area contributed by atoms with Crippen LogP contribution in [0.15, 0.2) is 186 Å². The predicted molar refractivity (Wildman–Crippen MR) is 221 cm³/mol. The molecule has 0 saturated carbocycles. The van der Waals surface area contributed by atoms with Gasteiger partial charge in [-0.25, -0.2) is 0 Å². The van der Waals surface area contributed by atoms with E-state index in [1.54, 1.807) is 0 Å². The largest absolute Gasteiger partial charge is 0.456 e. The number of hydrogen-bond donors (Lipinski definition) is 0. The lowest BCUT2D eigenvalue weighted by atomic mass is 9.94. The molecule has 4 heteroatoms. The summed E-state index contributed by atoms with van der Waals surface area (Å²) < 4.78 is 11.6. The van der Waals surface area contributed by atoms with Crippen LogP contribution in [0.1, 0.15) is 0 Å². The van der Waals surface area contributed by atoms with E-state index in [0.717, 1.165) is 61.3 Å². The van der Waals surface area contributed by atoms with Gasteiger partial charge in [-0.15, -0.1) is 11.3 Å². The molecule has 0 atom stereocenters. The van der Waals surface area contributed by atoms with Crippen LogP contribution in [0.2, 0.25) is 0 Å². The highest BCUT2D eigenvalue weighted by Gasteiger charge is 2.24. The maximum atomic E-state index is 6.63. The Kier molecular flexibility index (Phi) is 6.42. The summed E-state index contributed by atoms with van der Waals surface area (Å²) in [5, 5.41) is 7.23. The van der Waals surface area contributed by atoms with E-state index in [1.807, 2.05) is 17.4 Å². The molecule has 8 aromatic carbocycles. The van der Waals surface area contributed by atoms with Gasteiger partial charge >= 0.3 is 0 Å². The van der Waals surface area contributed by atoms with Crippen molar-refractivity contribution in [1.29, 1.82) is 0 Å². The maximum Gasteiger partial charge on any atom is 0.138 e. The highest BCUT2D eigenvalue weighted by Crippen LogP contribution is 2.48. The number of nitrogens with zero attached hydrogens (tertiary/aromatic N) is 2. The Morgan fingerprint density at radius 2 is 1.06 bits per heavy atom. The smallest absolute Gasteiger partial charge is 0.138 e. The molecular weight excluding hydrogens is 653 g/mol. The van der Waals surface area contributed by atoms with Crippen molar-refractivity contribution >= 4 is 92.3 Å². The summed E-state index contributed by atoms with van der Waals surface area (Å²) in [6, 6.07) is 65.4. The van der Waals surface area contributed by atoms with E-state index in [1.165, 1.54) is 36.5 Å². The molecule has 52 heavy (non-hydrogen) atoms. The molecule has 3 heterocycles. The maximum absolute atomic E-state index is 6.63. The highest BCUT2D eigenvalue weighted by molar-refractivity contribution is 7.25. The Labute approximate surface area is 303 Å². The average molecular weight is 683 g/mol. The van der Waals surface area contributed by atoms with Crippen molar-refractivity contribution in [2.75, 3.05) is 4.90 Å². The lowest BCUT2D eigenvalue weighted by Gasteiger charge is -2.26. The Bertz CT molecular complexity index is 3120. The van der Waals surface area contributed by atoms with Crippen molar-refractivity contribution in [3.63, 3.8) is 0 Å². The van der Waals surface area contributed by atoms with Crippen molar-refractivity contribution in [3.8, 4) is 16.8 Å². The summed E-state index contributed by atoms with van der Waals surface area (Å²) in [6.07, 6.45) is 0. The molecule has 0 radical (unpaired) electrons. The van der Waals surface area contributed by atoms with Gasteiger partial charge in [-0.3, -0.25) is 0 Å². The van der Waals surface area contributed by atoms with Crippen molar-refractivity contribution in [3.05, 3.63) is 182 Å². The number of para-hydroxylation sites is 3. The predicted octanol–water partition coefficient (Wildman–Crippen LogP) is 14.2. The lowest BCUT2D eigenvalue weighted by Crippen LogP contribution is -2.09. The van der Waals surface area contributed by atoms with E-state index >= 15 is 0 Å². The molecule has 11 rings (SSSR count). The second-order valence-electron chi connectivity index (χ2n) is 13.3. The summed E-state index contributed by atoms with van der Waals surface area (Å²) in [5.74, 6) is 0. The van der Waals surface area contributed by atoms with Gasteiger partial charge in [0, 0.05) is 76.1 Å². The molecule has 0 bridgehead atoms. The van der Waals surface area contributed by atoms with Crippen molar-refractivity contribution in [2.24, 2.45) is 0 Å². The van der Waals surface area contributed by atoms with Gasteiger partial charge in [0.1, 0.15) is 11.2 Å². The second kappa shape index (κ2) is 11.5. The first-order valence-corrected chi connectivity index (χ1v) is 18.4. The first-order chi connectivity index (χ1) is 25.8. The number of fused-ring (bicyclic) bond motifs is 9. The zero-order valence-electron chi connectivity index (χ0n) is 28.0. The molecule has 0 aliphatic heterocycles. The third-order valence-electron chi connectivity index (χ3n) is 10.3. The van der Waals surface area contributed by atoms with E-state index < -0.39 is 0 Å². The van der Waals surface area contributed by atoms with Crippen molar-refractivity contribution in [2.45, 2.75) is 0 Å². The van der Waals surface area contributed by atoms with Crippen LogP contribution in [0, 0.1) is 0 Å². The molecule has 0 amide bonds. The number of rotatable bonds is 5. The molecule has 11 aromatic rings. The first-order valence-electron chi connectivity index (χ1n) is 17.6. The molecule has 0 aliphatic rings. The molecule has 244 valence electrons. The first kappa shape index (κ1) is 29.1. The molecule has 0 saturated heterocycles. The Morgan fingerprint density at radius 3 is 1.87 bits per heavy atom. The van der Waals surface area contributed by atoms with Crippen LogP contribution in [0.5, 0.6) is 0 Å². The molecule has 0 aliphatic carbocycles. The van der Waals surface area contributed by atoms with Crippen LogP contribution in [0.25, 0.3) is 80.7 Å². The van der Waals surface area contributed by atoms with Crippen LogP contribution in [-0.4, -0.2) is 4.57 Å². The lowest BCUT2D eigenvalue weighted by molar-refractivity contribution is 0.669. The quantitative estimate of drug-likeness (QED) is 0.180. The topological polar surface area (TPSA) is 21.3 Å². The number of hydrogen-bond acceptors (Lipinski definition) is 3. The molecule has 0 spiro atoms. The normalized spacial score (nSPS) is 11.8. The van der Waals surface area contributed by atoms with Gasteiger partial charge < -0.3 is 13.9 Å². The van der Waals surface area contributed by atoms with Gasteiger partial charge in [-0.2, -0.15) is 0 Å². The molecule has 0 fully saturated rings. The van der Waals surface area contributed by atoms with Crippen LogP contribution >= 0.6 is 11.3 Å². The average Bonchev–Trinajstić information content (AvgIpc) is 3.87. The van der Waals surface area contributed by atoms with Crippen LogP contribution < -0.4 is 4.90 Å². The van der Waals surface area contributed by atoms with Gasteiger partial charge in [0.05, 0.1) is 11.0 Å². The molecule has 3 aromatic heterocycles. The van der Waals surface area contributed by atoms with Crippen LogP contribution in [0.3, 0.4) is 0 Å². The van der Waals surface area contributed by atoms with E-state index in [0.29, 0.717) is 0 Å². The number of thiophene rings is 1. The SMILES string of the molecule is c1ccc(-c2c3c(cc4c2c2cc(N(c5ccccc5)c5ccc6sc7ccccc7c6c5)ccc2n4-c2ccccc2)oc2ccccc23)cc1. The Balaban J connectivity index is 1.26. The minimum atomic E-state index is 0.884. The van der Waals surface area contributed by atoms with Crippen molar-refractivity contribution < 1.29 is 4.42 Å². The van der Waals surface area contributed by atoms with Gasteiger partial charge in [-0.05, 0) is 78.4 Å². The van der Waals surface area contributed by atoms with E-state index in [2.05, 4.69) is 185 Å². The minimum Gasteiger partial charge on any atom is -0.456 e. The molecule has 0 N–H and O–H groups in total. The standard InChI is InChI=1S/C48H30N2OS/c1-4-14-31(15-5-1)46-47-39-29-34(49(32-16-6-2-7-17-32)35-25-27-45-38(28-35)36-20-11-13-23-44(36)52-45)24-26-40(39)50(33-18-8-3-9-19-33)41(47)30-43-48(46)37-21-10-12-22-42(37)51-43/h1-30H. The molecule has 0 unspecified atom stereocenters. The number of aromatic nitrogens is 1. The fourth-order valence-electron chi connectivity index (χ4n) is 8.14. The third-order valence-corrected chi connectivity index (χ3v) is 11.5. The second-order valence-corrected chi connectivity index (χ2v) is 14.4. The fraction of sp³-hybridized carbons (Fsp3) is 0. The summed E-state index contributed by atoms with van der Waals surface area (Å²) in [5.41, 5.74) is 10.8. The van der Waals surface area contributed by atoms with Crippen LogP contribution in [-0.2, 0) is 0 Å². The monoisotopic (exact) mass is 682 g/mol. The van der Waals surface area contributed by atoms with Gasteiger partial charge in [0.2, 0.25) is 0 Å². The number of benzene rings is 8. The summed E-state index contributed by atoms with van der Waals surface area (Å²) >= 11 is 1.85. The zero-order chi connectivity index (χ0) is 34.2. The summed E-state index contributed by atoms with van der Waals surface area (Å²) in [4.78, 5) is 2.39. The Morgan fingerprint density at radius 1 is 0.423 bits per heavy atom. The van der Waals surface area contributed by atoms with E-state index in [9.17, 15) is 0 Å². The molecular formula is C48H30N2OS. The van der Waals surface area contributed by atoms with E-state index in [4.69, 9.17) is 4.42 Å². The van der Waals surface area contributed by atoms with Crippen molar-refractivity contribution in [1.82, 2.24) is 4.57 Å². The molecule has 3 nitrogen and oxygen atoms in total. The highest BCUT2D eigenvalue weighted by atomic mass is 32.1. The van der Waals surface area contributed by atoms with Crippen LogP contribution in [0.4, 0.5) is 17.1 Å². The number of furan rings is 1. The van der Waals surface area contributed by atoms with Gasteiger partial charge in [0.15, 0.2) is 0 Å². The van der Waals surface area contributed by atoms with Gasteiger partial charge in [-0.1, -0.05) is 103 Å². The fourth-order valence-corrected chi connectivity index (χ4v) is 9.22. The minimum absolute atomic E-state index is 0.884. The zero-order valence-corrected chi connectivity index (χ0v) is 28.8. The summed E-state index contributed by atoms with van der Waals surface area (Å²) in [6.45, 7) is 0. The van der Waals surface area contributed by atoms with E-state index in [-0.39, 0.29) is 0 Å². The number of anilines is 3. The van der Waals surface area contributed by atoms with Gasteiger partial charge in [0.25, 0.3) is 0 Å². The summed E-state index contributed by atoms with van der Waals surface area (Å²) in [7, 11) is 0.